The zero-order chi connectivity index (χ0) is 15.3. The maximum atomic E-state index is 10.4. The SMILES string of the molecule is OC1C2=C(O2)c2c(cc3ccc4cccc5ccc2c3c45)C1O. The summed E-state index contributed by atoms with van der Waals surface area (Å²) in [6.45, 7) is 0. The maximum absolute atomic E-state index is 10.4. The third-order valence-electron chi connectivity index (χ3n) is 5.19. The van der Waals surface area contributed by atoms with Crippen molar-refractivity contribution in [3.05, 3.63) is 65.4 Å². The molecule has 0 amide bonds. The molecule has 6 rings (SSSR count). The lowest BCUT2D eigenvalue weighted by molar-refractivity contribution is 0.0326. The number of aliphatic hydroxyl groups is 2. The second-order valence-corrected chi connectivity index (χ2v) is 6.38. The molecule has 0 fully saturated rings. The molecule has 2 N–H and O–H groups in total. The fourth-order valence-electron chi connectivity index (χ4n) is 4.09. The first-order valence-electron chi connectivity index (χ1n) is 7.73. The zero-order valence-electron chi connectivity index (χ0n) is 12.1. The predicted octanol–water partition coefficient (Wildman–Crippen LogP) is 3.69. The summed E-state index contributed by atoms with van der Waals surface area (Å²) >= 11 is 0. The van der Waals surface area contributed by atoms with E-state index in [0.717, 1.165) is 27.7 Å². The van der Waals surface area contributed by atoms with Crippen LogP contribution in [0.5, 0.6) is 0 Å². The van der Waals surface area contributed by atoms with Crippen LogP contribution in [0.25, 0.3) is 38.1 Å². The summed E-state index contributed by atoms with van der Waals surface area (Å²) in [6.07, 6.45) is -1.89. The Bertz CT molecular complexity index is 1160. The lowest BCUT2D eigenvalue weighted by Gasteiger charge is -2.21. The van der Waals surface area contributed by atoms with E-state index in [2.05, 4.69) is 42.5 Å². The second-order valence-electron chi connectivity index (χ2n) is 6.38. The number of hydrogen-bond donors (Lipinski definition) is 2. The van der Waals surface area contributed by atoms with Crippen LogP contribution in [0.15, 0.2) is 54.3 Å². The molecule has 3 nitrogen and oxygen atoms in total. The van der Waals surface area contributed by atoms with Crippen molar-refractivity contribution in [3.63, 3.8) is 0 Å². The van der Waals surface area contributed by atoms with E-state index in [9.17, 15) is 10.2 Å². The first-order valence-corrected chi connectivity index (χ1v) is 7.73. The largest absolute Gasteiger partial charge is 0.451 e. The van der Waals surface area contributed by atoms with Gasteiger partial charge in [0.1, 0.15) is 12.2 Å². The van der Waals surface area contributed by atoms with Gasteiger partial charge >= 0.3 is 0 Å². The quantitative estimate of drug-likeness (QED) is 0.487. The van der Waals surface area contributed by atoms with Gasteiger partial charge in [-0.25, -0.2) is 0 Å². The minimum atomic E-state index is -0.953. The van der Waals surface area contributed by atoms with E-state index in [4.69, 9.17) is 4.74 Å². The Kier molecular flexibility index (Phi) is 1.88. The van der Waals surface area contributed by atoms with Crippen LogP contribution in [0.1, 0.15) is 17.2 Å². The van der Waals surface area contributed by atoms with Crippen LogP contribution in [-0.4, -0.2) is 16.3 Å². The molecule has 2 atom stereocenters. The maximum Gasteiger partial charge on any atom is 0.179 e. The third-order valence-corrected chi connectivity index (χ3v) is 5.19. The standard InChI is InChI=1S/C20H12O3/c21-17-13-8-11-5-4-9-2-1-3-10-6-7-12(15(11)14(9)10)16(13)19-20(23-19)18(17)22/h1-8,17-18,21-22H. The van der Waals surface area contributed by atoms with Crippen molar-refractivity contribution in [2.24, 2.45) is 0 Å². The van der Waals surface area contributed by atoms with Gasteiger partial charge in [-0.05, 0) is 43.9 Å². The molecule has 4 aromatic carbocycles. The van der Waals surface area contributed by atoms with Crippen molar-refractivity contribution >= 4 is 38.1 Å². The Labute approximate surface area is 131 Å². The molecule has 23 heavy (non-hydrogen) atoms. The van der Waals surface area contributed by atoms with E-state index in [1.165, 1.54) is 21.5 Å². The number of benzene rings is 4. The summed E-state index contributed by atoms with van der Waals surface area (Å²) in [5.74, 6) is 1.25. The highest BCUT2D eigenvalue weighted by Crippen LogP contribution is 2.52. The summed E-state index contributed by atoms with van der Waals surface area (Å²) in [5.41, 5.74) is 1.68. The minimum absolute atomic E-state index is 0.514. The summed E-state index contributed by atoms with van der Waals surface area (Å²) in [7, 11) is 0. The Morgan fingerprint density at radius 1 is 0.783 bits per heavy atom. The molecular weight excluding hydrogens is 288 g/mol. The van der Waals surface area contributed by atoms with Gasteiger partial charge in [-0.3, -0.25) is 0 Å². The van der Waals surface area contributed by atoms with Crippen LogP contribution in [0.2, 0.25) is 0 Å². The first-order chi connectivity index (χ1) is 11.2. The summed E-state index contributed by atoms with van der Waals surface area (Å²) in [5, 5.41) is 27.6. The van der Waals surface area contributed by atoms with Crippen LogP contribution in [0.4, 0.5) is 0 Å². The zero-order valence-corrected chi connectivity index (χ0v) is 12.1. The Hall–Kier alpha value is -2.62. The summed E-state index contributed by atoms with van der Waals surface area (Å²) < 4.78 is 5.50. The van der Waals surface area contributed by atoms with Gasteiger partial charge in [-0.15, -0.1) is 0 Å². The molecule has 0 bridgehead atoms. The van der Waals surface area contributed by atoms with Crippen LogP contribution >= 0.6 is 0 Å². The lowest BCUT2D eigenvalue weighted by atomic mass is 9.84. The van der Waals surface area contributed by atoms with E-state index < -0.39 is 12.2 Å². The third kappa shape index (κ3) is 1.29. The Balaban J connectivity index is 1.89. The first kappa shape index (κ1) is 11.9. The lowest BCUT2D eigenvalue weighted by Crippen LogP contribution is -2.20. The van der Waals surface area contributed by atoms with Gasteiger partial charge in [-0.1, -0.05) is 42.5 Å². The van der Waals surface area contributed by atoms with Gasteiger partial charge < -0.3 is 14.9 Å². The van der Waals surface area contributed by atoms with Gasteiger partial charge in [0.05, 0.1) is 0 Å². The Morgan fingerprint density at radius 2 is 1.52 bits per heavy atom. The van der Waals surface area contributed by atoms with Crippen molar-refractivity contribution in [1.29, 1.82) is 0 Å². The van der Waals surface area contributed by atoms with E-state index in [0.29, 0.717) is 5.76 Å². The molecule has 2 aliphatic rings. The van der Waals surface area contributed by atoms with Crippen molar-refractivity contribution < 1.29 is 14.9 Å². The number of hydrogen-bond acceptors (Lipinski definition) is 3. The van der Waals surface area contributed by atoms with Gasteiger partial charge in [0.15, 0.2) is 11.5 Å². The van der Waals surface area contributed by atoms with Crippen molar-refractivity contribution in [3.8, 4) is 0 Å². The van der Waals surface area contributed by atoms with Crippen LogP contribution < -0.4 is 0 Å². The normalized spacial score (nSPS) is 22.5. The highest BCUT2D eigenvalue weighted by atomic mass is 16.6. The molecule has 0 saturated heterocycles. The summed E-state index contributed by atoms with van der Waals surface area (Å²) in [6, 6.07) is 16.7. The highest BCUT2D eigenvalue weighted by Gasteiger charge is 2.45. The summed E-state index contributed by atoms with van der Waals surface area (Å²) in [4.78, 5) is 0. The molecule has 0 aromatic heterocycles. The molecule has 2 unspecified atom stereocenters. The van der Waals surface area contributed by atoms with E-state index in [1.807, 2.05) is 6.07 Å². The molecule has 110 valence electrons. The monoisotopic (exact) mass is 300 g/mol. The number of aliphatic hydroxyl groups excluding tert-OH is 2. The van der Waals surface area contributed by atoms with E-state index >= 15 is 0 Å². The second kappa shape index (κ2) is 3.65. The van der Waals surface area contributed by atoms with Gasteiger partial charge in [-0.2, -0.15) is 0 Å². The molecule has 0 radical (unpaired) electrons. The van der Waals surface area contributed by atoms with Crippen molar-refractivity contribution in [2.75, 3.05) is 0 Å². The molecule has 1 aliphatic carbocycles. The van der Waals surface area contributed by atoms with Gasteiger partial charge in [0.2, 0.25) is 0 Å². The molecule has 1 heterocycles. The van der Waals surface area contributed by atoms with Gasteiger partial charge in [0, 0.05) is 5.56 Å². The number of ether oxygens (including phenoxy) is 1. The molecular formula is C20H12O3. The van der Waals surface area contributed by atoms with Crippen molar-refractivity contribution in [1.82, 2.24) is 0 Å². The molecule has 3 heteroatoms. The topological polar surface area (TPSA) is 53.0 Å². The number of rotatable bonds is 0. The van der Waals surface area contributed by atoms with E-state index in [-0.39, 0.29) is 0 Å². The molecule has 0 saturated carbocycles. The van der Waals surface area contributed by atoms with Crippen LogP contribution in [-0.2, 0) is 4.74 Å². The predicted molar refractivity (Wildman–Crippen MR) is 89.1 cm³/mol. The van der Waals surface area contributed by atoms with E-state index in [1.54, 1.807) is 0 Å². The highest BCUT2D eigenvalue weighted by molar-refractivity contribution is 6.25. The van der Waals surface area contributed by atoms with Crippen molar-refractivity contribution in [2.45, 2.75) is 12.2 Å². The van der Waals surface area contributed by atoms with Gasteiger partial charge in [0.25, 0.3) is 0 Å². The fraction of sp³-hybridized carbons (Fsp3) is 0.100. The Morgan fingerprint density at radius 3 is 2.35 bits per heavy atom. The molecule has 1 aliphatic heterocycles. The minimum Gasteiger partial charge on any atom is -0.451 e. The fourth-order valence-corrected chi connectivity index (χ4v) is 4.09. The van der Waals surface area contributed by atoms with Crippen LogP contribution in [0.3, 0.4) is 0 Å². The number of fused-ring (bicyclic) bond motifs is 3. The van der Waals surface area contributed by atoms with Crippen LogP contribution in [0, 0.1) is 0 Å². The average molecular weight is 300 g/mol. The molecule has 0 spiro atoms. The smallest absolute Gasteiger partial charge is 0.179 e. The molecule has 4 aromatic rings. The average Bonchev–Trinajstić information content (AvgIpc) is 3.37.